The molecule has 0 heteroatoms. The molecule has 0 aromatic heterocycles. The summed E-state index contributed by atoms with van der Waals surface area (Å²) in [5, 5.41) is 0. The lowest BCUT2D eigenvalue weighted by atomic mass is 9.63. The van der Waals surface area contributed by atoms with Crippen molar-refractivity contribution in [3.63, 3.8) is 0 Å². The van der Waals surface area contributed by atoms with Gasteiger partial charge in [0, 0.05) is 0 Å². The Labute approximate surface area is 111 Å². The van der Waals surface area contributed by atoms with E-state index in [1.54, 1.807) is 32.1 Å². The fourth-order valence-corrected chi connectivity index (χ4v) is 7.06. The minimum atomic E-state index is 0.866. The molecular weight excluding hydrogens is 216 g/mol. The van der Waals surface area contributed by atoms with Crippen LogP contribution in [0.1, 0.15) is 57.8 Å². The fourth-order valence-electron chi connectivity index (χ4n) is 7.06. The molecule has 18 heavy (non-hydrogen) atoms. The van der Waals surface area contributed by atoms with Gasteiger partial charge in [-0.05, 0) is 66.6 Å². The number of rotatable bonds is 1. The molecule has 5 aliphatic carbocycles. The van der Waals surface area contributed by atoms with E-state index in [9.17, 15) is 0 Å². The summed E-state index contributed by atoms with van der Waals surface area (Å²) in [7, 11) is 0. The van der Waals surface area contributed by atoms with Gasteiger partial charge >= 0.3 is 0 Å². The molecule has 0 aromatic rings. The molecule has 0 aliphatic heterocycles. The first-order chi connectivity index (χ1) is 8.89. The summed E-state index contributed by atoms with van der Waals surface area (Å²) in [5.74, 6) is 6.73. The monoisotopic (exact) mass is 242 g/mol. The maximum absolute atomic E-state index is 2.58. The van der Waals surface area contributed by atoms with Gasteiger partial charge in [-0.1, -0.05) is 44.3 Å². The Morgan fingerprint density at radius 1 is 0.944 bits per heavy atom. The van der Waals surface area contributed by atoms with Crippen molar-refractivity contribution in [2.24, 2.45) is 40.9 Å². The van der Waals surface area contributed by atoms with Gasteiger partial charge in [-0.25, -0.2) is 0 Å². The molecule has 4 fully saturated rings. The topological polar surface area (TPSA) is 0 Å². The number of fused-ring (bicyclic) bond motifs is 3. The molecule has 98 valence electrons. The number of allylic oxidation sites excluding steroid dienone is 2. The second kappa shape index (κ2) is 3.44. The Hall–Kier alpha value is -0.260. The normalized spacial score (nSPS) is 57.4. The molecule has 2 bridgehead atoms. The molecule has 0 amide bonds. The third-order valence-corrected chi connectivity index (χ3v) is 7.75. The van der Waals surface area contributed by atoms with E-state index in [0.29, 0.717) is 0 Å². The standard InChI is InChI=1S/C18H26/c1-2-5-12(6-3-1)15-9-14-10-16(15)17-8-4-7-13-11-18(13,14)17/h4,7,12-17H,1-3,5-6,8-11H2. The molecular formula is C18H26. The Morgan fingerprint density at radius 2 is 1.78 bits per heavy atom. The van der Waals surface area contributed by atoms with Gasteiger partial charge in [-0.2, -0.15) is 0 Å². The van der Waals surface area contributed by atoms with Crippen molar-refractivity contribution in [2.75, 3.05) is 0 Å². The molecule has 0 saturated heterocycles. The largest absolute Gasteiger partial charge is 0.0879 e. The predicted octanol–water partition coefficient (Wildman–Crippen LogP) is 4.81. The van der Waals surface area contributed by atoms with Gasteiger partial charge in [0.15, 0.2) is 0 Å². The molecule has 5 aliphatic rings. The molecule has 1 spiro atoms. The van der Waals surface area contributed by atoms with Crippen molar-refractivity contribution in [3.05, 3.63) is 12.2 Å². The van der Waals surface area contributed by atoms with Gasteiger partial charge in [0.1, 0.15) is 0 Å². The van der Waals surface area contributed by atoms with Crippen molar-refractivity contribution >= 4 is 0 Å². The van der Waals surface area contributed by atoms with Crippen LogP contribution in [-0.4, -0.2) is 0 Å². The lowest BCUT2D eigenvalue weighted by molar-refractivity contribution is 0.0786. The van der Waals surface area contributed by atoms with Crippen LogP contribution in [0.25, 0.3) is 0 Å². The Morgan fingerprint density at radius 3 is 2.67 bits per heavy atom. The first-order valence-electron chi connectivity index (χ1n) is 8.56. The zero-order chi connectivity index (χ0) is 11.7. The zero-order valence-electron chi connectivity index (χ0n) is 11.5. The average Bonchev–Trinajstić information content (AvgIpc) is 2.89. The lowest BCUT2D eigenvalue weighted by Gasteiger charge is -2.42. The van der Waals surface area contributed by atoms with Gasteiger partial charge in [0.05, 0.1) is 0 Å². The van der Waals surface area contributed by atoms with Gasteiger partial charge in [0.2, 0.25) is 0 Å². The molecule has 5 rings (SSSR count). The van der Waals surface area contributed by atoms with Crippen LogP contribution in [0.5, 0.6) is 0 Å². The summed E-state index contributed by atoms with van der Waals surface area (Å²) in [6, 6.07) is 0. The Balaban J connectivity index is 1.42. The van der Waals surface area contributed by atoms with Gasteiger partial charge in [-0.15, -0.1) is 0 Å². The van der Waals surface area contributed by atoms with E-state index in [-0.39, 0.29) is 0 Å². The van der Waals surface area contributed by atoms with E-state index in [1.807, 2.05) is 0 Å². The van der Waals surface area contributed by atoms with Crippen LogP contribution in [0.15, 0.2) is 12.2 Å². The molecule has 0 heterocycles. The van der Waals surface area contributed by atoms with Crippen LogP contribution in [0.2, 0.25) is 0 Å². The van der Waals surface area contributed by atoms with Crippen LogP contribution in [-0.2, 0) is 0 Å². The van der Waals surface area contributed by atoms with E-state index in [2.05, 4.69) is 12.2 Å². The molecule has 0 aromatic carbocycles. The third kappa shape index (κ3) is 1.14. The Bertz CT molecular complexity index is 389. The molecule has 4 saturated carbocycles. The smallest absolute Gasteiger partial charge is 0.0165 e. The highest BCUT2D eigenvalue weighted by Gasteiger charge is 2.71. The summed E-state index contributed by atoms with van der Waals surface area (Å²) in [4.78, 5) is 0. The van der Waals surface area contributed by atoms with E-state index in [4.69, 9.17) is 0 Å². The predicted molar refractivity (Wildman–Crippen MR) is 74.1 cm³/mol. The van der Waals surface area contributed by atoms with Crippen molar-refractivity contribution in [1.29, 1.82) is 0 Å². The summed E-state index contributed by atoms with van der Waals surface area (Å²) in [5.41, 5.74) is 0.866. The van der Waals surface area contributed by atoms with Crippen LogP contribution >= 0.6 is 0 Å². The van der Waals surface area contributed by atoms with Crippen LogP contribution in [0.3, 0.4) is 0 Å². The second-order valence-corrected chi connectivity index (χ2v) is 8.09. The number of hydrogen-bond acceptors (Lipinski definition) is 0. The van der Waals surface area contributed by atoms with Gasteiger partial charge < -0.3 is 0 Å². The first kappa shape index (κ1) is 10.5. The van der Waals surface area contributed by atoms with Crippen molar-refractivity contribution in [1.82, 2.24) is 0 Å². The van der Waals surface area contributed by atoms with E-state index in [1.165, 1.54) is 25.7 Å². The average molecular weight is 242 g/mol. The van der Waals surface area contributed by atoms with Gasteiger partial charge in [0.25, 0.3) is 0 Å². The maximum Gasteiger partial charge on any atom is -0.0165 e. The minimum absolute atomic E-state index is 0.866. The van der Waals surface area contributed by atoms with Crippen LogP contribution in [0, 0.1) is 40.9 Å². The van der Waals surface area contributed by atoms with Crippen molar-refractivity contribution < 1.29 is 0 Å². The molecule has 6 unspecified atom stereocenters. The highest BCUT2D eigenvalue weighted by molar-refractivity contribution is 5.27. The van der Waals surface area contributed by atoms with Crippen molar-refractivity contribution in [2.45, 2.75) is 57.8 Å². The quantitative estimate of drug-likeness (QED) is 0.579. The SMILES string of the molecule is C1=CC2CC23C2CC(C4CCCCC4)C(C2)C3C1. The van der Waals surface area contributed by atoms with E-state index in [0.717, 1.165) is 40.9 Å². The first-order valence-corrected chi connectivity index (χ1v) is 8.56. The zero-order valence-corrected chi connectivity index (χ0v) is 11.5. The minimum Gasteiger partial charge on any atom is -0.0879 e. The lowest BCUT2D eigenvalue weighted by Crippen LogP contribution is -2.35. The summed E-state index contributed by atoms with van der Waals surface area (Å²) < 4.78 is 0. The van der Waals surface area contributed by atoms with E-state index >= 15 is 0 Å². The number of hydrogen-bond donors (Lipinski definition) is 0. The highest BCUT2D eigenvalue weighted by Crippen LogP contribution is 2.78. The highest BCUT2D eigenvalue weighted by atomic mass is 14.8. The second-order valence-electron chi connectivity index (χ2n) is 8.09. The molecule has 0 radical (unpaired) electrons. The summed E-state index contributed by atoms with van der Waals surface area (Å²) >= 11 is 0. The summed E-state index contributed by atoms with van der Waals surface area (Å²) in [6.07, 6.45) is 19.2. The molecule has 0 nitrogen and oxygen atoms in total. The van der Waals surface area contributed by atoms with E-state index < -0.39 is 0 Å². The van der Waals surface area contributed by atoms with Crippen molar-refractivity contribution in [3.8, 4) is 0 Å². The Kier molecular flexibility index (Phi) is 2.01. The molecule has 6 atom stereocenters. The van der Waals surface area contributed by atoms with Gasteiger partial charge in [-0.3, -0.25) is 0 Å². The third-order valence-electron chi connectivity index (χ3n) is 7.75. The summed E-state index contributed by atoms with van der Waals surface area (Å²) in [6.45, 7) is 0. The van der Waals surface area contributed by atoms with Crippen LogP contribution in [0.4, 0.5) is 0 Å². The molecule has 0 N–H and O–H groups in total. The maximum atomic E-state index is 2.58. The fraction of sp³-hybridized carbons (Fsp3) is 0.889. The van der Waals surface area contributed by atoms with Crippen LogP contribution < -0.4 is 0 Å².